The van der Waals surface area contributed by atoms with Crippen LogP contribution in [0.3, 0.4) is 0 Å². The van der Waals surface area contributed by atoms with Crippen molar-refractivity contribution in [2.24, 2.45) is 11.7 Å². The molecule has 1 rings (SSSR count). The third-order valence-corrected chi connectivity index (χ3v) is 3.55. The van der Waals surface area contributed by atoms with Crippen LogP contribution in [0, 0.1) is 18.3 Å². The summed E-state index contributed by atoms with van der Waals surface area (Å²) in [7, 11) is 0. The SMILES string of the molecule is C#CC(C)CCCC1(CCC)CN1CN. The zero-order chi connectivity index (χ0) is 11.3. The smallest absolute Gasteiger partial charge is 0.0461 e. The maximum absolute atomic E-state index is 5.69. The number of hydrogen-bond donors (Lipinski definition) is 1. The van der Waals surface area contributed by atoms with E-state index in [0.29, 0.717) is 18.1 Å². The Labute approximate surface area is 94.2 Å². The lowest BCUT2D eigenvalue weighted by atomic mass is 9.94. The molecule has 0 amide bonds. The van der Waals surface area contributed by atoms with Crippen LogP contribution in [0.4, 0.5) is 0 Å². The minimum Gasteiger partial charge on any atom is -0.318 e. The van der Waals surface area contributed by atoms with Crippen LogP contribution < -0.4 is 5.73 Å². The molecule has 0 radical (unpaired) electrons. The first-order valence-corrected chi connectivity index (χ1v) is 6.10. The van der Waals surface area contributed by atoms with E-state index in [9.17, 15) is 0 Å². The normalized spacial score (nSPS) is 30.9. The summed E-state index contributed by atoms with van der Waals surface area (Å²) in [6.45, 7) is 6.28. The Balaban J connectivity index is 2.26. The van der Waals surface area contributed by atoms with Crippen molar-refractivity contribution in [2.45, 2.75) is 51.5 Å². The van der Waals surface area contributed by atoms with Gasteiger partial charge in [0.1, 0.15) is 0 Å². The van der Waals surface area contributed by atoms with E-state index in [-0.39, 0.29) is 0 Å². The molecule has 0 aromatic rings. The average molecular weight is 208 g/mol. The summed E-state index contributed by atoms with van der Waals surface area (Å²) in [4.78, 5) is 2.39. The quantitative estimate of drug-likeness (QED) is 0.513. The van der Waals surface area contributed by atoms with Crippen LogP contribution in [0.1, 0.15) is 46.0 Å². The zero-order valence-corrected chi connectivity index (χ0v) is 10.1. The van der Waals surface area contributed by atoms with Crippen molar-refractivity contribution in [2.75, 3.05) is 13.2 Å². The van der Waals surface area contributed by atoms with E-state index in [2.05, 4.69) is 24.7 Å². The van der Waals surface area contributed by atoms with Crippen molar-refractivity contribution < 1.29 is 0 Å². The number of nitrogens with two attached hydrogens (primary N) is 1. The summed E-state index contributed by atoms with van der Waals surface area (Å²) < 4.78 is 0. The molecule has 0 bridgehead atoms. The molecule has 1 saturated heterocycles. The molecule has 3 unspecified atom stereocenters. The summed E-state index contributed by atoms with van der Waals surface area (Å²) in [6.07, 6.45) is 11.6. The Hall–Kier alpha value is -0.520. The molecule has 0 spiro atoms. The van der Waals surface area contributed by atoms with Crippen LogP contribution in [-0.4, -0.2) is 23.7 Å². The van der Waals surface area contributed by atoms with Gasteiger partial charge in [-0.05, 0) is 19.3 Å². The van der Waals surface area contributed by atoms with Crippen LogP contribution in [-0.2, 0) is 0 Å². The minimum absolute atomic E-state index is 0.425. The fourth-order valence-corrected chi connectivity index (χ4v) is 2.46. The molecule has 0 aromatic carbocycles. The van der Waals surface area contributed by atoms with Crippen LogP contribution in [0.25, 0.3) is 0 Å². The predicted molar refractivity (Wildman–Crippen MR) is 65.2 cm³/mol. The van der Waals surface area contributed by atoms with E-state index in [0.717, 1.165) is 6.42 Å². The Kier molecular flexibility index (Phi) is 4.63. The minimum atomic E-state index is 0.425. The van der Waals surface area contributed by atoms with E-state index in [1.165, 1.54) is 32.2 Å². The van der Waals surface area contributed by atoms with Crippen molar-refractivity contribution >= 4 is 0 Å². The molecule has 2 heteroatoms. The molecular formula is C13H24N2. The van der Waals surface area contributed by atoms with Crippen LogP contribution in [0.2, 0.25) is 0 Å². The van der Waals surface area contributed by atoms with E-state index in [1.54, 1.807) is 0 Å². The number of nitrogens with zero attached hydrogens (tertiary/aromatic N) is 1. The second kappa shape index (κ2) is 5.53. The maximum Gasteiger partial charge on any atom is 0.0461 e. The molecule has 86 valence electrons. The largest absolute Gasteiger partial charge is 0.318 e. The van der Waals surface area contributed by atoms with Crippen LogP contribution in [0.15, 0.2) is 0 Å². The molecule has 1 fully saturated rings. The first-order chi connectivity index (χ1) is 7.18. The lowest BCUT2D eigenvalue weighted by molar-refractivity contribution is 0.353. The van der Waals surface area contributed by atoms with E-state index < -0.39 is 0 Å². The highest BCUT2D eigenvalue weighted by atomic mass is 15.4. The van der Waals surface area contributed by atoms with Gasteiger partial charge in [0.25, 0.3) is 0 Å². The third kappa shape index (κ3) is 3.22. The number of hydrogen-bond acceptors (Lipinski definition) is 2. The maximum atomic E-state index is 5.69. The fraction of sp³-hybridized carbons (Fsp3) is 0.846. The van der Waals surface area contributed by atoms with Gasteiger partial charge in [0, 0.05) is 24.7 Å². The molecule has 2 nitrogen and oxygen atoms in total. The highest BCUT2D eigenvalue weighted by molar-refractivity contribution is 5.06. The fourth-order valence-electron chi connectivity index (χ4n) is 2.46. The van der Waals surface area contributed by atoms with Crippen molar-refractivity contribution in [3.8, 4) is 12.3 Å². The van der Waals surface area contributed by atoms with Crippen molar-refractivity contribution in [3.05, 3.63) is 0 Å². The Bertz CT molecular complexity index is 231. The molecule has 2 N–H and O–H groups in total. The van der Waals surface area contributed by atoms with Gasteiger partial charge in [-0.25, -0.2) is 0 Å². The van der Waals surface area contributed by atoms with E-state index in [4.69, 9.17) is 12.2 Å². The second-order valence-electron chi connectivity index (χ2n) is 4.81. The van der Waals surface area contributed by atoms with Gasteiger partial charge in [0.05, 0.1) is 0 Å². The highest BCUT2D eigenvalue weighted by Gasteiger charge is 2.48. The molecule has 1 aliphatic rings. The third-order valence-electron chi connectivity index (χ3n) is 3.55. The van der Waals surface area contributed by atoms with Crippen molar-refractivity contribution in [1.82, 2.24) is 4.90 Å². The number of terminal acetylenes is 1. The Morgan fingerprint density at radius 2 is 2.27 bits per heavy atom. The van der Waals surface area contributed by atoms with Gasteiger partial charge >= 0.3 is 0 Å². The molecule has 3 atom stereocenters. The van der Waals surface area contributed by atoms with E-state index >= 15 is 0 Å². The highest BCUT2D eigenvalue weighted by Crippen LogP contribution is 2.40. The summed E-state index contributed by atoms with van der Waals surface area (Å²) in [5.74, 6) is 3.22. The molecular weight excluding hydrogens is 184 g/mol. The zero-order valence-electron chi connectivity index (χ0n) is 10.1. The summed E-state index contributed by atoms with van der Waals surface area (Å²) in [5, 5.41) is 0. The Morgan fingerprint density at radius 3 is 2.73 bits per heavy atom. The summed E-state index contributed by atoms with van der Waals surface area (Å²) in [5.41, 5.74) is 6.13. The van der Waals surface area contributed by atoms with Gasteiger partial charge in [-0.1, -0.05) is 26.7 Å². The predicted octanol–water partition coefficient (Wildman–Crippen LogP) is 2.20. The molecule has 0 aliphatic carbocycles. The molecule has 0 saturated carbocycles. The second-order valence-corrected chi connectivity index (χ2v) is 4.81. The average Bonchev–Trinajstić information content (AvgIpc) is 2.92. The molecule has 0 aromatic heterocycles. The summed E-state index contributed by atoms with van der Waals surface area (Å²) in [6, 6.07) is 0. The van der Waals surface area contributed by atoms with Gasteiger partial charge in [-0.15, -0.1) is 12.3 Å². The molecule has 15 heavy (non-hydrogen) atoms. The first kappa shape index (κ1) is 12.5. The molecule has 1 aliphatic heterocycles. The van der Waals surface area contributed by atoms with Crippen molar-refractivity contribution in [3.63, 3.8) is 0 Å². The lowest BCUT2D eigenvalue weighted by Crippen LogP contribution is -2.23. The van der Waals surface area contributed by atoms with Crippen LogP contribution in [0.5, 0.6) is 0 Å². The van der Waals surface area contributed by atoms with Crippen molar-refractivity contribution in [1.29, 1.82) is 0 Å². The van der Waals surface area contributed by atoms with E-state index in [1.807, 2.05) is 0 Å². The van der Waals surface area contributed by atoms with Crippen LogP contribution >= 0.6 is 0 Å². The standard InChI is InChI=1S/C13H24N2/c1-4-8-13(10-15(13)11-14)9-6-7-12(3)5-2/h2,12H,4,6-11,14H2,1,3H3. The van der Waals surface area contributed by atoms with Gasteiger partial charge in [-0.2, -0.15) is 0 Å². The molecule has 1 heterocycles. The number of rotatable bonds is 7. The Morgan fingerprint density at radius 1 is 1.53 bits per heavy atom. The van der Waals surface area contributed by atoms with Gasteiger partial charge in [0.15, 0.2) is 0 Å². The van der Waals surface area contributed by atoms with Gasteiger partial charge < -0.3 is 5.73 Å². The summed E-state index contributed by atoms with van der Waals surface area (Å²) >= 11 is 0. The first-order valence-electron chi connectivity index (χ1n) is 6.10. The monoisotopic (exact) mass is 208 g/mol. The topological polar surface area (TPSA) is 29.0 Å². The lowest BCUT2D eigenvalue weighted by Gasteiger charge is -2.16. The van der Waals surface area contributed by atoms with Gasteiger partial charge in [0.2, 0.25) is 0 Å². The van der Waals surface area contributed by atoms with Gasteiger partial charge in [-0.3, -0.25) is 4.90 Å².